The summed E-state index contributed by atoms with van der Waals surface area (Å²) in [6.07, 6.45) is 0.345. The first-order valence-corrected chi connectivity index (χ1v) is 4.02. The Morgan fingerprint density at radius 1 is 1.23 bits per heavy atom. The largest absolute Gasteiger partial charge is 0.497 e. The molecule has 0 amide bonds. The van der Waals surface area contributed by atoms with Crippen molar-refractivity contribution in [3.05, 3.63) is 24.3 Å². The molecule has 1 aromatic rings. The first-order chi connectivity index (χ1) is 6.26. The fourth-order valence-electron chi connectivity index (χ4n) is 0.897. The topological polar surface area (TPSA) is 35.5 Å². The molecule has 0 heterocycles. The lowest BCUT2D eigenvalue weighted by atomic mass is 10.3. The van der Waals surface area contributed by atoms with E-state index in [0.717, 1.165) is 12.0 Å². The minimum Gasteiger partial charge on any atom is -0.497 e. The monoisotopic (exact) mass is 180 g/mol. The quantitative estimate of drug-likeness (QED) is 0.661. The van der Waals surface area contributed by atoms with Crippen LogP contribution in [0.2, 0.25) is 0 Å². The van der Waals surface area contributed by atoms with Gasteiger partial charge >= 0.3 is 0 Å². The van der Waals surface area contributed by atoms with Crippen molar-refractivity contribution in [1.29, 1.82) is 0 Å². The van der Waals surface area contributed by atoms with E-state index < -0.39 is 6.10 Å². The second kappa shape index (κ2) is 4.50. The molecule has 0 fully saturated rings. The molecular weight excluding hydrogens is 168 g/mol. The van der Waals surface area contributed by atoms with Crippen LogP contribution in [-0.2, 0) is 4.79 Å². The fraction of sp³-hybridized carbons (Fsp3) is 0.300. The summed E-state index contributed by atoms with van der Waals surface area (Å²) in [5.41, 5.74) is 0. The third-order valence-electron chi connectivity index (χ3n) is 1.57. The molecule has 0 aliphatic heterocycles. The minimum atomic E-state index is -0.409. The summed E-state index contributed by atoms with van der Waals surface area (Å²) in [5, 5.41) is 0. The highest BCUT2D eigenvalue weighted by atomic mass is 16.5. The molecule has 0 spiro atoms. The van der Waals surface area contributed by atoms with Gasteiger partial charge < -0.3 is 9.47 Å². The Hall–Kier alpha value is -1.51. The number of hydrogen-bond acceptors (Lipinski definition) is 3. The number of methoxy groups -OCH3 is 1. The van der Waals surface area contributed by atoms with Crippen LogP contribution in [0.3, 0.4) is 0 Å². The van der Waals surface area contributed by atoms with Crippen molar-refractivity contribution in [2.75, 3.05) is 7.11 Å². The standard InChI is InChI=1S/C10H12O3/c1-8(7-11)13-10-5-3-9(12-2)4-6-10/h3-8H,1-2H3. The number of benzene rings is 1. The molecule has 3 heteroatoms. The molecule has 13 heavy (non-hydrogen) atoms. The van der Waals surface area contributed by atoms with Gasteiger partial charge in [0.1, 0.15) is 11.5 Å². The Bertz CT molecular complexity index is 266. The number of rotatable bonds is 4. The summed E-state index contributed by atoms with van der Waals surface area (Å²) in [6.45, 7) is 1.69. The van der Waals surface area contributed by atoms with Gasteiger partial charge in [0.05, 0.1) is 7.11 Å². The van der Waals surface area contributed by atoms with Crippen molar-refractivity contribution >= 4 is 6.29 Å². The molecule has 0 saturated carbocycles. The van der Waals surface area contributed by atoms with Crippen molar-refractivity contribution < 1.29 is 14.3 Å². The smallest absolute Gasteiger partial charge is 0.160 e. The van der Waals surface area contributed by atoms with Crippen LogP contribution in [0.4, 0.5) is 0 Å². The van der Waals surface area contributed by atoms with E-state index in [0.29, 0.717) is 5.75 Å². The van der Waals surface area contributed by atoms with Crippen molar-refractivity contribution in [2.24, 2.45) is 0 Å². The lowest BCUT2D eigenvalue weighted by molar-refractivity contribution is -0.113. The van der Waals surface area contributed by atoms with Gasteiger partial charge in [-0.3, -0.25) is 4.79 Å². The summed E-state index contributed by atoms with van der Waals surface area (Å²) in [6, 6.07) is 7.09. The van der Waals surface area contributed by atoms with Gasteiger partial charge in [-0.05, 0) is 31.2 Å². The zero-order valence-electron chi connectivity index (χ0n) is 7.69. The first kappa shape index (κ1) is 9.58. The van der Waals surface area contributed by atoms with Gasteiger partial charge in [-0.2, -0.15) is 0 Å². The Morgan fingerprint density at radius 2 is 1.77 bits per heavy atom. The predicted octanol–water partition coefficient (Wildman–Crippen LogP) is 1.66. The SMILES string of the molecule is COc1ccc(OC(C)C=O)cc1. The minimum absolute atomic E-state index is 0.409. The van der Waals surface area contributed by atoms with E-state index in [2.05, 4.69) is 0 Å². The van der Waals surface area contributed by atoms with Gasteiger partial charge in [-0.25, -0.2) is 0 Å². The van der Waals surface area contributed by atoms with E-state index in [1.807, 2.05) is 0 Å². The average Bonchev–Trinajstić information content (AvgIpc) is 2.19. The summed E-state index contributed by atoms with van der Waals surface area (Å²) in [5.74, 6) is 1.44. The van der Waals surface area contributed by atoms with E-state index in [9.17, 15) is 4.79 Å². The molecule has 1 atom stereocenters. The number of hydrogen-bond donors (Lipinski definition) is 0. The summed E-state index contributed by atoms with van der Waals surface area (Å²) < 4.78 is 10.2. The molecule has 0 N–H and O–H groups in total. The molecule has 1 unspecified atom stereocenters. The van der Waals surface area contributed by atoms with Gasteiger partial charge in [0.25, 0.3) is 0 Å². The molecule has 0 saturated heterocycles. The fourth-order valence-corrected chi connectivity index (χ4v) is 0.897. The maximum atomic E-state index is 10.3. The number of ether oxygens (including phenoxy) is 2. The number of carbonyl (C=O) groups is 1. The van der Waals surface area contributed by atoms with Crippen molar-refractivity contribution in [1.82, 2.24) is 0 Å². The number of aldehydes is 1. The Morgan fingerprint density at radius 3 is 2.23 bits per heavy atom. The highest BCUT2D eigenvalue weighted by Crippen LogP contribution is 2.17. The van der Waals surface area contributed by atoms with Crippen molar-refractivity contribution in [3.8, 4) is 11.5 Å². The molecule has 1 rings (SSSR count). The van der Waals surface area contributed by atoms with E-state index in [1.54, 1.807) is 38.3 Å². The van der Waals surface area contributed by atoms with Gasteiger partial charge in [-0.1, -0.05) is 0 Å². The van der Waals surface area contributed by atoms with Crippen LogP contribution in [-0.4, -0.2) is 19.5 Å². The highest BCUT2D eigenvalue weighted by Gasteiger charge is 2.00. The van der Waals surface area contributed by atoms with Crippen LogP contribution in [0.5, 0.6) is 11.5 Å². The van der Waals surface area contributed by atoms with Crippen molar-refractivity contribution in [3.63, 3.8) is 0 Å². The van der Waals surface area contributed by atoms with Gasteiger partial charge in [0.15, 0.2) is 12.4 Å². The molecule has 0 aliphatic carbocycles. The molecule has 0 bridgehead atoms. The van der Waals surface area contributed by atoms with E-state index in [4.69, 9.17) is 9.47 Å². The van der Waals surface area contributed by atoms with Crippen LogP contribution >= 0.6 is 0 Å². The van der Waals surface area contributed by atoms with Gasteiger partial charge in [0, 0.05) is 0 Å². The van der Waals surface area contributed by atoms with Gasteiger partial charge in [0.2, 0.25) is 0 Å². The summed E-state index contributed by atoms with van der Waals surface area (Å²) >= 11 is 0. The molecule has 3 nitrogen and oxygen atoms in total. The van der Waals surface area contributed by atoms with E-state index in [1.165, 1.54) is 0 Å². The second-order valence-electron chi connectivity index (χ2n) is 2.63. The number of carbonyl (C=O) groups excluding carboxylic acids is 1. The molecule has 0 aromatic heterocycles. The normalized spacial score (nSPS) is 11.8. The predicted molar refractivity (Wildman–Crippen MR) is 49.1 cm³/mol. The Labute approximate surface area is 77.3 Å². The summed E-state index contributed by atoms with van der Waals surface area (Å²) in [4.78, 5) is 10.3. The van der Waals surface area contributed by atoms with E-state index in [-0.39, 0.29) is 0 Å². The Balaban J connectivity index is 2.63. The van der Waals surface area contributed by atoms with Crippen LogP contribution < -0.4 is 9.47 Å². The van der Waals surface area contributed by atoms with Gasteiger partial charge in [-0.15, -0.1) is 0 Å². The zero-order chi connectivity index (χ0) is 9.68. The third-order valence-corrected chi connectivity index (χ3v) is 1.57. The van der Waals surface area contributed by atoms with Crippen LogP contribution in [0.15, 0.2) is 24.3 Å². The molecule has 70 valence electrons. The maximum absolute atomic E-state index is 10.3. The third kappa shape index (κ3) is 2.78. The second-order valence-corrected chi connectivity index (χ2v) is 2.63. The lowest BCUT2D eigenvalue weighted by Crippen LogP contribution is -2.12. The van der Waals surface area contributed by atoms with Crippen LogP contribution in [0.1, 0.15) is 6.92 Å². The van der Waals surface area contributed by atoms with E-state index >= 15 is 0 Å². The lowest BCUT2D eigenvalue weighted by Gasteiger charge is -2.08. The molecule has 0 aliphatic rings. The first-order valence-electron chi connectivity index (χ1n) is 4.02. The summed E-state index contributed by atoms with van der Waals surface area (Å²) in [7, 11) is 1.60. The van der Waals surface area contributed by atoms with Crippen LogP contribution in [0.25, 0.3) is 0 Å². The molecule has 1 aromatic carbocycles. The van der Waals surface area contributed by atoms with Crippen LogP contribution in [0, 0.1) is 0 Å². The average molecular weight is 180 g/mol. The molecule has 0 radical (unpaired) electrons. The highest BCUT2D eigenvalue weighted by molar-refractivity contribution is 5.56. The maximum Gasteiger partial charge on any atom is 0.160 e. The molecular formula is C10H12O3. The van der Waals surface area contributed by atoms with Crippen molar-refractivity contribution in [2.45, 2.75) is 13.0 Å². The Kier molecular flexibility index (Phi) is 3.31. The zero-order valence-corrected chi connectivity index (χ0v) is 7.69.